The van der Waals surface area contributed by atoms with Crippen LogP contribution in [0.2, 0.25) is 0 Å². The highest BCUT2D eigenvalue weighted by Gasteiger charge is 2.36. The molecule has 0 radical (unpaired) electrons. The van der Waals surface area contributed by atoms with Gasteiger partial charge in [-0.2, -0.15) is 0 Å². The molecule has 4 rings (SSSR count). The fourth-order valence-corrected chi connectivity index (χ4v) is 4.96. The number of fused-ring (bicyclic) bond motifs is 1. The normalized spacial score (nSPS) is 21.7. The number of rotatable bonds is 6. The predicted molar refractivity (Wildman–Crippen MR) is 109 cm³/mol. The van der Waals surface area contributed by atoms with Crippen LogP contribution in [0.15, 0.2) is 6.07 Å². The van der Waals surface area contributed by atoms with Gasteiger partial charge in [-0.05, 0) is 58.7 Å². The molecule has 1 amide bonds. The summed E-state index contributed by atoms with van der Waals surface area (Å²) in [4.78, 5) is 22.2. The molecule has 1 N–H and O–H groups in total. The van der Waals surface area contributed by atoms with Gasteiger partial charge in [0.1, 0.15) is 0 Å². The van der Waals surface area contributed by atoms with Crippen LogP contribution in [-0.2, 0) is 13.1 Å². The van der Waals surface area contributed by atoms with Gasteiger partial charge in [0.05, 0.1) is 24.9 Å². The van der Waals surface area contributed by atoms with E-state index < -0.39 is 0 Å². The van der Waals surface area contributed by atoms with Gasteiger partial charge in [0, 0.05) is 30.2 Å². The van der Waals surface area contributed by atoms with Crippen molar-refractivity contribution in [2.45, 2.75) is 83.6 Å². The van der Waals surface area contributed by atoms with E-state index in [0.717, 1.165) is 55.6 Å². The van der Waals surface area contributed by atoms with Gasteiger partial charge < -0.3 is 19.9 Å². The maximum absolute atomic E-state index is 13.0. The number of hydrogen-bond donors (Lipinski definition) is 1. The summed E-state index contributed by atoms with van der Waals surface area (Å²) < 4.78 is 5.57. The molecule has 6 nitrogen and oxygen atoms in total. The number of carbonyl (C=O) groups is 1. The maximum atomic E-state index is 13.0. The Labute approximate surface area is 168 Å². The lowest BCUT2D eigenvalue weighted by Gasteiger charge is -2.35. The summed E-state index contributed by atoms with van der Waals surface area (Å²) in [6.45, 7) is 8.15. The molecule has 0 aromatic carbocycles. The third-order valence-electron chi connectivity index (χ3n) is 6.75. The smallest absolute Gasteiger partial charge is 0.256 e. The fourth-order valence-electron chi connectivity index (χ4n) is 4.96. The highest BCUT2D eigenvalue weighted by molar-refractivity contribution is 5.98. The van der Waals surface area contributed by atoms with Crippen LogP contribution < -0.4 is 10.1 Å². The molecule has 3 heterocycles. The van der Waals surface area contributed by atoms with Gasteiger partial charge in [-0.15, -0.1) is 0 Å². The van der Waals surface area contributed by atoms with Crippen molar-refractivity contribution in [3.05, 3.63) is 22.9 Å². The first-order chi connectivity index (χ1) is 13.6. The van der Waals surface area contributed by atoms with Gasteiger partial charge in [0.15, 0.2) is 0 Å². The van der Waals surface area contributed by atoms with E-state index in [4.69, 9.17) is 9.72 Å². The molecule has 1 saturated carbocycles. The number of hydrogen-bond acceptors (Lipinski definition) is 5. The molecular formula is C22H34N4O2. The molecule has 1 aromatic heterocycles. The van der Waals surface area contributed by atoms with Crippen molar-refractivity contribution >= 4 is 5.91 Å². The van der Waals surface area contributed by atoms with E-state index in [-0.39, 0.29) is 5.91 Å². The summed E-state index contributed by atoms with van der Waals surface area (Å²) in [5.74, 6) is 0.815. The largest absolute Gasteiger partial charge is 0.481 e. The number of likely N-dealkylation sites (tertiary alicyclic amines) is 1. The standard InChI is InChI=1S/C22H34N4O2/c1-15(2)25-10-8-17(9-11-25)23-13-16-12-19-20(24-21(16)28-3)14-26(22(19)27)18-6-4-5-7-18/h12,15,17-18,23H,4-11,13-14H2,1-3H3. The lowest BCUT2D eigenvalue weighted by molar-refractivity contribution is 0.0706. The van der Waals surface area contributed by atoms with E-state index in [1.807, 2.05) is 11.0 Å². The Morgan fingerprint density at radius 3 is 2.57 bits per heavy atom. The Morgan fingerprint density at radius 1 is 1.21 bits per heavy atom. The van der Waals surface area contributed by atoms with Gasteiger partial charge in [-0.1, -0.05) is 12.8 Å². The van der Waals surface area contributed by atoms with Crippen molar-refractivity contribution in [3.63, 3.8) is 0 Å². The molecule has 0 spiro atoms. The van der Waals surface area contributed by atoms with Crippen molar-refractivity contribution in [1.29, 1.82) is 0 Å². The van der Waals surface area contributed by atoms with Gasteiger partial charge in [0.2, 0.25) is 5.88 Å². The molecule has 2 aliphatic heterocycles. The van der Waals surface area contributed by atoms with Crippen molar-refractivity contribution < 1.29 is 9.53 Å². The minimum Gasteiger partial charge on any atom is -0.481 e. The minimum absolute atomic E-state index is 0.156. The molecule has 1 saturated heterocycles. The second kappa shape index (κ2) is 8.37. The van der Waals surface area contributed by atoms with E-state index >= 15 is 0 Å². The quantitative estimate of drug-likeness (QED) is 0.815. The van der Waals surface area contributed by atoms with Crippen LogP contribution in [-0.4, -0.2) is 59.0 Å². The molecule has 154 valence electrons. The Bertz CT molecular complexity index is 707. The summed E-state index contributed by atoms with van der Waals surface area (Å²) in [6, 6.07) is 3.55. The fraction of sp³-hybridized carbons (Fsp3) is 0.727. The van der Waals surface area contributed by atoms with Crippen LogP contribution >= 0.6 is 0 Å². The highest BCUT2D eigenvalue weighted by Crippen LogP contribution is 2.33. The van der Waals surface area contributed by atoms with Crippen molar-refractivity contribution in [3.8, 4) is 5.88 Å². The average molecular weight is 387 g/mol. The highest BCUT2D eigenvalue weighted by atomic mass is 16.5. The zero-order valence-electron chi connectivity index (χ0n) is 17.5. The van der Waals surface area contributed by atoms with E-state index in [2.05, 4.69) is 24.1 Å². The molecule has 1 aromatic rings. The lowest BCUT2D eigenvalue weighted by Crippen LogP contribution is -2.44. The third kappa shape index (κ3) is 3.90. The predicted octanol–water partition coefficient (Wildman–Crippen LogP) is 2.95. The first-order valence-corrected chi connectivity index (χ1v) is 10.9. The summed E-state index contributed by atoms with van der Waals surface area (Å²) in [6.07, 6.45) is 7.03. The first kappa shape index (κ1) is 19.6. The number of piperidine rings is 1. The summed E-state index contributed by atoms with van der Waals surface area (Å²) in [5, 5.41) is 3.67. The Kier molecular flexibility index (Phi) is 5.88. The number of nitrogens with zero attached hydrogens (tertiary/aromatic N) is 3. The lowest BCUT2D eigenvalue weighted by atomic mass is 10.0. The summed E-state index contributed by atoms with van der Waals surface area (Å²) >= 11 is 0. The van der Waals surface area contributed by atoms with Gasteiger partial charge in [0.25, 0.3) is 5.91 Å². The van der Waals surface area contributed by atoms with Crippen molar-refractivity contribution in [2.75, 3.05) is 20.2 Å². The monoisotopic (exact) mass is 386 g/mol. The molecule has 0 atom stereocenters. The Morgan fingerprint density at radius 2 is 1.93 bits per heavy atom. The molecule has 2 fully saturated rings. The van der Waals surface area contributed by atoms with Crippen LogP contribution in [0, 0.1) is 0 Å². The Balaban J connectivity index is 1.42. The van der Waals surface area contributed by atoms with Gasteiger partial charge in [-0.25, -0.2) is 4.98 Å². The van der Waals surface area contributed by atoms with E-state index in [0.29, 0.717) is 37.1 Å². The molecule has 1 aliphatic carbocycles. The molecule has 6 heteroatoms. The maximum Gasteiger partial charge on any atom is 0.256 e. The van der Waals surface area contributed by atoms with Gasteiger partial charge in [-0.3, -0.25) is 4.79 Å². The molecule has 28 heavy (non-hydrogen) atoms. The van der Waals surface area contributed by atoms with E-state index in [9.17, 15) is 4.79 Å². The zero-order chi connectivity index (χ0) is 19.7. The van der Waals surface area contributed by atoms with Crippen LogP contribution in [0.4, 0.5) is 0 Å². The summed E-state index contributed by atoms with van der Waals surface area (Å²) in [5.41, 5.74) is 2.65. The SMILES string of the molecule is COc1nc2c(cc1CNC1CCN(C(C)C)CC1)C(=O)N(C1CCCC1)C2. The molecule has 0 unspecified atom stereocenters. The van der Waals surface area contributed by atoms with E-state index in [1.54, 1.807) is 7.11 Å². The van der Waals surface area contributed by atoms with E-state index in [1.165, 1.54) is 12.8 Å². The summed E-state index contributed by atoms with van der Waals surface area (Å²) in [7, 11) is 1.67. The number of aromatic nitrogens is 1. The molecule has 3 aliphatic rings. The third-order valence-corrected chi connectivity index (χ3v) is 6.75. The number of carbonyl (C=O) groups excluding carboxylic acids is 1. The number of amides is 1. The number of ether oxygens (including phenoxy) is 1. The van der Waals surface area contributed by atoms with Gasteiger partial charge >= 0.3 is 0 Å². The van der Waals surface area contributed by atoms with Crippen LogP contribution in [0.25, 0.3) is 0 Å². The average Bonchev–Trinajstić information content (AvgIpc) is 3.34. The topological polar surface area (TPSA) is 57.7 Å². The number of methoxy groups -OCH3 is 1. The first-order valence-electron chi connectivity index (χ1n) is 10.9. The molecular weight excluding hydrogens is 352 g/mol. The van der Waals surface area contributed by atoms with Crippen LogP contribution in [0.1, 0.15) is 74.0 Å². The Hall–Kier alpha value is -1.66. The van der Waals surface area contributed by atoms with Crippen molar-refractivity contribution in [2.24, 2.45) is 0 Å². The second-order valence-corrected chi connectivity index (χ2v) is 8.81. The second-order valence-electron chi connectivity index (χ2n) is 8.81. The number of pyridine rings is 1. The zero-order valence-corrected chi connectivity index (χ0v) is 17.5. The number of nitrogens with one attached hydrogen (secondary N) is 1. The van der Waals surface area contributed by atoms with Crippen molar-refractivity contribution in [1.82, 2.24) is 20.1 Å². The minimum atomic E-state index is 0.156. The van der Waals surface area contributed by atoms with Crippen LogP contribution in [0.5, 0.6) is 5.88 Å². The van der Waals surface area contributed by atoms with Crippen LogP contribution in [0.3, 0.4) is 0 Å². The molecule has 0 bridgehead atoms.